The van der Waals surface area contributed by atoms with Gasteiger partial charge in [0.15, 0.2) is 18.1 Å². The van der Waals surface area contributed by atoms with Crippen molar-refractivity contribution in [1.82, 2.24) is 5.43 Å². The van der Waals surface area contributed by atoms with Crippen molar-refractivity contribution in [3.63, 3.8) is 0 Å². The fourth-order valence-electron chi connectivity index (χ4n) is 2.34. The number of hydrogen-bond acceptors (Lipinski definition) is 7. The summed E-state index contributed by atoms with van der Waals surface area (Å²) in [5.41, 5.74) is 2.93. The van der Waals surface area contributed by atoms with Gasteiger partial charge in [0.25, 0.3) is 5.91 Å². The predicted octanol–water partition coefficient (Wildman–Crippen LogP) is 4.34. The summed E-state index contributed by atoms with van der Waals surface area (Å²) in [4.78, 5) is 23.9. The second kappa shape index (κ2) is 10.5. The van der Waals surface area contributed by atoms with Gasteiger partial charge in [-0.3, -0.25) is 4.79 Å². The zero-order chi connectivity index (χ0) is 22.2. The molecule has 0 saturated carbocycles. The highest BCUT2D eigenvalue weighted by molar-refractivity contribution is 6.35. The quantitative estimate of drug-likeness (QED) is 0.231. The molecule has 0 aliphatic carbocycles. The van der Waals surface area contributed by atoms with Crippen molar-refractivity contribution in [3.05, 3.63) is 76.2 Å². The molecule has 1 heterocycles. The van der Waals surface area contributed by atoms with Gasteiger partial charge < -0.3 is 18.6 Å². The van der Waals surface area contributed by atoms with E-state index < -0.39 is 11.9 Å². The molecule has 0 radical (unpaired) electrons. The Kier molecular flexibility index (Phi) is 7.53. The van der Waals surface area contributed by atoms with Crippen LogP contribution in [-0.4, -0.2) is 31.8 Å². The number of hydrazone groups is 1. The SMILES string of the molecule is COc1cc(/C=N\NC(=O)COc2ccc(Cl)cc2Cl)ccc1OC(=O)c1ccco1. The lowest BCUT2D eigenvalue weighted by Gasteiger charge is -2.09. The number of methoxy groups -OCH3 is 1. The molecule has 1 N–H and O–H groups in total. The molecule has 0 spiro atoms. The Morgan fingerprint density at radius 1 is 1.10 bits per heavy atom. The highest BCUT2D eigenvalue weighted by Gasteiger charge is 2.15. The summed E-state index contributed by atoms with van der Waals surface area (Å²) in [5, 5.41) is 4.62. The van der Waals surface area contributed by atoms with Crippen molar-refractivity contribution in [2.24, 2.45) is 5.10 Å². The molecule has 8 nitrogen and oxygen atoms in total. The maximum Gasteiger partial charge on any atom is 0.379 e. The second-order valence-electron chi connectivity index (χ2n) is 5.93. The highest BCUT2D eigenvalue weighted by Crippen LogP contribution is 2.29. The van der Waals surface area contributed by atoms with E-state index in [4.69, 9.17) is 41.8 Å². The zero-order valence-electron chi connectivity index (χ0n) is 16.1. The third-order valence-electron chi connectivity index (χ3n) is 3.77. The fourth-order valence-corrected chi connectivity index (χ4v) is 2.80. The Labute approximate surface area is 187 Å². The molecule has 0 atom stereocenters. The number of benzene rings is 2. The van der Waals surface area contributed by atoms with E-state index in [1.807, 2.05) is 0 Å². The van der Waals surface area contributed by atoms with Gasteiger partial charge in [-0.25, -0.2) is 10.2 Å². The number of amides is 1. The number of furan rings is 1. The molecule has 2 aromatic carbocycles. The van der Waals surface area contributed by atoms with Gasteiger partial charge in [0.2, 0.25) is 5.76 Å². The number of halogens is 2. The standard InChI is InChI=1S/C21H16Cl2N2O6/c1-28-19-9-13(4-6-17(19)31-21(27)18-3-2-8-29-18)11-24-25-20(26)12-30-16-7-5-14(22)10-15(16)23/h2-11H,12H2,1H3,(H,25,26)/b24-11-. The Morgan fingerprint density at radius 2 is 1.90 bits per heavy atom. The highest BCUT2D eigenvalue weighted by atomic mass is 35.5. The maximum atomic E-state index is 12.0. The van der Waals surface area contributed by atoms with E-state index in [0.717, 1.165) is 0 Å². The molecule has 10 heteroatoms. The van der Waals surface area contributed by atoms with Crippen molar-refractivity contribution in [1.29, 1.82) is 0 Å². The van der Waals surface area contributed by atoms with Crippen molar-refractivity contribution in [2.75, 3.05) is 13.7 Å². The second-order valence-corrected chi connectivity index (χ2v) is 6.78. The summed E-state index contributed by atoms with van der Waals surface area (Å²) in [5.74, 6) is -0.239. The molecule has 0 aliphatic rings. The van der Waals surface area contributed by atoms with Crippen LogP contribution in [0.1, 0.15) is 16.1 Å². The van der Waals surface area contributed by atoms with Crippen LogP contribution in [0.5, 0.6) is 17.2 Å². The monoisotopic (exact) mass is 462 g/mol. The topological polar surface area (TPSA) is 99.4 Å². The van der Waals surface area contributed by atoms with Crippen molar-refractivity contribution in [3.8, 4) is 17.2 Å². The lowest BCUT2D eigenvalue weighted by molar-refractivity contribution is -0.123. The van der Waals surface area contributed by atoms with Crippen LogP contribution in [0.4, 0.5) is 0 Å². The number of ether oxygens (including phenoxy) is 3. The number of nitrogens with one attached hydrogen (secondary N) is 1. The normalized spacial score (nSPS) is 10.7. The van der Waals surface area contributed by atoms with E-state index >= 15 is 0 Å². The molecule has 0 saturated heterocycles. The van der Waals surface area contributed by atoms with E-state index in [9.17, 15) is 9.59 Å². The van der Waals surface area contributed by atoms with Crippen LogP contribution >= 0.6 is 23.2 Å². The number of nitrogens with zero attached hydrogens (tertiary/aromatic N) is 1. The molecule has 0 unspecified atom stereocenters. The Morgan fingerprint density at radius 3 is 2.61 bits per heavy atom. The molecule has 0 bridgehead atoms. The average molecular weight is 463 g/mol. The zero-order valence-corrected chi connectivity index (χ0v) is 17.6. The van der Waals surface area contributed by atoms with Gasteiger partial charge in [-0.2, -0.15) is 5.10 Å². The molecule has 160 valence electrons. The van der Waals surface area contributed by atoms with Gasteiger partial charge >= 0.3 is 5.97 Å². The van der Waals surface area contributed by atoms with Gasteiger partial charge in [-0.15, -0.1) is 0 Å². The molecule has 1 amide bonds. The fraction of sp³-hybridized carbons (Fsp3) is 0.0952. The van der Waals surface area contributed by atoms with Gasteiger partial charge in [-0.1, -0.05) is 23.2 Å². The lowest BCUT2D eigenvalue weighted by atomic mass is 10.2. The van der Waals surface area contributed by atoms with Crippen LogP contribution in [0.2, 0.25) is 10.0 Å². The number of esters is 1. The van der Waals surface area contributed by atoms with E-state index in [1.54, 1.807) is 30.3 Å². The number of hydrogen-bond donors (Lipinski definition) is 1. The summed E-state index contributed by atoms with van der Waals surface area (Å²) >= 11 is 11.8. The molecular formula is C21H16Cl2N2O6. The van der Waals surface area contributed by atoms with Gasteiger partial charge in [0, 0.05) is 5.02 Å². The molecule has 0 fully saturated rings. The van der Waals surface area contributed by atoms with Gasteiger partial charge in [0.05, 0.1) is 24.6 Å². The number of rotatable bonds is 8. The Balaban J connectivity index is 1.55. The summed E-state index contributed by atoms with van der Waals surface area (Å²) < 4.78 is 20.8. The first kappa shape index (κ1) is 22.2. The number of carbonyl (C=O) groups is 2. The van der Waals surface area contributed by atoms with Crippen LogP contribution < -0.4 is 19.6 Å². The summed E-state index contributed by atoms with van der Waals surface area (Å²) in [6.07, 6.45) is 2.77. The largest absolute Gasteiger partial charge is 0.493 e. The summed E-state index contributed by atoms with van der Waals surface area (Å²) in [6, 6.07) is 12.5. The minimum Gasteiger partial charge on any atom is -0.493 e. The maximum absolute atomic E-state index is 12.0. The van der Waals surface area contributed by atoms with Gasteiger partial charge in [-0.05, 0) is 54.1 Å². The first-order valence-electron chi connectivity index (χ1n) is 8.79. The van der Waals surface area contributed by atoms with E-state index in [0.29, 0.717) is 27.1 Å². The van der Waals surface area contributed by atoms with Crippen LogP contribution in [0, 0.1) is 0 Å². The summed E-state index contributed by atoms with van der Waals surface area (Å²) in [7, 11) is 1.43. The Hall–Kier alpha value is -3.49. The van der Waals surface area contributed by atoms with Crippen LogP contribution in [-0.2, 0) is 4.79 Å². The molecule has 1 aromatic heterocycles. The smallest absolute Gasteiger partial charge is 0.379 e. The first-order valence-corrected chi connectivity index (χ1v) is 9.55. The van der Waals surface area contributed by atoms with Gasteiger partial charge in [0.1, 0.15) is 5.75 Å². The van der Waals surface area contributed by atoms with Crippen LogP contribution in [0.3, 0.4) is 0 Å². The first-order chi connectivity index (χ1) is 15.0. The molecule has 3 aromatic rings. The molecule has 31 heavy (non-hydrogen) atoms. The van der Waals surface area contributed by atoms with E-state index in [-0.39, 0.29) is 18.1 Å². The molecule has 0 aliphatic heterocycles. The lowest BCUT2D eigenvalue weighted by Crippen LogP contribution is -2.24. The minimum atomic E-state index is -0.655. The molecular weight excluding hydrogens is 447 g/mol. The van der Waals surface area contributed by atoms with E-state index in [1.165, 1.54) is 37.8 Å². The van der Waals surface area contributed by atoms with Crippen molar-refractivity contribution < 1.29 is 28.2 Å². The third kappa shape index (κ3) is 6.24. The van der Waals surface area contributed by atoms with Crippen LogP contribution in [0.25, 0.3) is 0 Å². The minimum absolute atomic E-state index is 0.0671. The average Bonchev–Trinajstić information content (AvgIpc) is 3.29. The van der Waals surface area contributed by atoms with Crippen LogP contribution in [0.15, 0.2) is 64.3 Å². The van der Waals surface area contributed by atoms with Crippen molar-refractivity contribution >= 4 is 41.3 Å². The third-order valence-corrected chi connectivity index (χ3v) is 4.30. The predicted molar refractivity (Wildman–Crippen MR) is 114 cm³/mol. The summed E-state index contributed by atoms with van der Waals surface area (Å²) in [6.45, 7) is -0.288. The number of carbonyl (C=O) groups excluding carboxylic acids is 2. The molecule has 3 rings (SSSR count). The Bertz CT molecular complexity index is 1100. The van der Waals surface area contributed by atoms with Crippen molar-refractivity contribution in [2.45, 2.75) is 0 Å². The van der Waals surface area contributed by atoms with E-state index in [2.05, 4.69) is 10.5 Å².